The minimum Gasteiger partial charge on any atom is -0.387 e. The molecule has 5 atom stereocenters. The Morgan fingerprint density at radius 2 is 1.89 bits per heavy atom. The van der Waals surface area contributed by atoms with Gasteiger partial charge in [-0.15, -0.1) is 0 Å². The van der Waals surface area contributed by atoms with Crippen molar-refractivity contribution in [1.82, 2.24) is 19.5 Å². The van der Waals surface area contributed by atoms with E-state index in [1.54, 1.807) is 0 Å². The SMILES string of the molecule is [15NH2]c1[15n]c[15n]c2c1[15n]c[15n]2[C@@H]1O[C@H](COP(=O)(O)OP(=O)(O)O)[C@H](O)C1O. The van der Waals surface area contributed by atoms with E-state index < -0.39 is 46.8 Å². The van der Waals surface area contributed by atoms with Gasteiger partial charge in [0.25, 0.3) is 0 Å². The number of ether oxygens (including phenoxy) is 1. The summed E-state index contributed by atoms with van der Waals surface area (Å²) in [7, 11) is -10.4. The van der Waals surface area contributed by atoms with Crippen molar-refractivity contribution >= 4 is 32.6 Å². The second kappa shape index (κ2) is 7.14. The Kier molecular flexibility index (Phi) is 5.35. The van der Waals surface area contributed by atoms with Gasteiger partial charge in [0.1, 0.15) is 30.2 Å². The van der Waals surface area contributed by atoms with Crippen LogP contribution in [0, 0.1) is 0 Å². The molecule has 3 heterocycles. The van der Waals surface area contributed by atoms with E-state index in [1.165, 1.54) is 10.9 Å². The lowest BCUT2D eigenvalue weighted by atomic mass is 10.1. The number of nitrogen functional groups attached to an aromatic ring is 1. The summed E-state index contributed by atoms with van der Waals surface area (Å²) < 4.78 is 36.8. The number of aromatic nitrogens is 4. The van der Waals surface area contributed by atoms with Gasteiger partial charge in [-0.1, -0.05) is 0 Å². The zero-order valence-corrected chi connectivity index (χ0v) is 15.0. The number of phosphoric acid groups is 2. The van der Waals surface area contributed by atoms with Crippen LogP contribution in [0.5, 0.6) is 0 Å². The number of rotatable bonds is 6. The molecule has 0 amide bonds. The van der Waals surface area contributed by atoms with E-state index in [4.69, 9.17) is 20.3 Å². The summed E-state index contributed by atoms with van der Waals surface area (Å²) in [5.74, 6) is 0.0856. The molecule has 150 valence electrons. The fourth-order valence-corrected chi connectivity index (χ4v) is 4.08. The van der Waals surface area contributed by atoms with Crippen molar-refractivity contribution in [2.75, 3.05) is 12.3 Å². The van der Waals surface area contributed by atoms with Crippen LogP contribution in [0.25, 0.3) is 11.2 Å². The number of nitrogens with two attached hydrogens (primary N) is 1. The molecule has 0 aliphatic carbocycles. The molecule has 1 saturated heterocycles. The third kappa shape index (κ3) is 4.33. The summed E-state index contributed by atoms with van der Waals surface area (Å²) in [6.07, 6.45) is -3.20. The summed E-state index contributed by atoms with van der Waals surface area (Å²) in [5.41, 5.74) is 6.11. The molecule has 0 aromatic carbocycles. The predicted octanol–water partition coefficient (Wildman–Crippen LogP) is -1.75. The molecular formula is C10H15N5O10P2. The fourth-order valence-electron chi connectivity index (χ4n) is 2.48. The Bertz CT molecular complexity index is 932. The Balaban J connectivity index is 1.75. The number of aliphatic hydroxyl groups excluding tert-OH is 2. The van der Waals surface area contributed by atoms with E-state index in [1.807, 2.05) is 0 Å². The normalized spacial score (nSPS) is 28.5. The molecular weight excluding hydrogens is 417 g/mol. The standard InChI is InChI=1S/C10H15N5O10P2/c11-8-5-9(13-2-12-8)15(3-14-5)10-7(17)6(16)4(24-10)1-23-27(21,22)25-26(18,19)20/h2-4,6-7,10,16-17H,1H2,(H,21,22)(H2,11,12,13)(H2,18,19,20)/t4-,6+,7?,10-/m1/s1/i11+1,12+1,13+1,14+1,15+1. The van der Waals surface area contributed by atoms with Gasteiger partial charge in [-0.2, -0.15) is 4.31 Å². The van der Waals surface area contributed by atoms with Crippen molar-refractivity contribution in [2.24, 2.45) is 0 Å². The first kappa shape index (κ1) is 20.2. The second-order valence-electron chi connectivity index (χ2n) is 5.47. The maximum Gasteiger partial charge on any atom is 0.481 e. The zero-order chi connectivity index (χ0) is 20.0. The van der Waals surface area contributed by atoms with Crippen LogP contribution in [0.1, 0.15) is 6.23 Å². The number of hydrogen-bond donors (Lipinski definition) is 6. The van der Waals surface area contributed by atoms with Crippen LogP contribution in [0.15, 0.2) is 12.7 Å². The van der Waals surface area contributed by atoms with Crippen molar-refractivity contribution in [3.05, 3.63) is 12.7 Å². The molecule has 2 aromatic heterocycles. The minimum absolute atomic E-state index is 0.0856. The molecule has 7 N–H and O–H groups in total. The quantitative estimate of drug-likeness (QED) is 0.220. The Hall–Kier alpha value is -1.51. The van der Waals surface area contributed by atoms with Crippen molar-refractivity contribution in [3.63, 3.8) is 0 Å². The maximum absolute atomic E-state index is 11.5. The van der Waals surface area contributed by atoms with Gasteiger partial charge in [-0.05, 0) is 0 Å². The summed E-state index contributed by atoms with van der Waals surface area (Å²) in [6.45, 7) is -0.813. The molecule has 1 aliphatic heterocycles. The molecule has 0 saturated carbocycles. The number of imidazole rings is 1. The largest absolute Gasteiger partial charge is 0.481 e. The summed E-state index contributed by atoms with van der Waals surface area (Å²) >= 11 is 0. The van der Waals surface area contributed by atoms with Crippen molar-refractivity contribution < 1.29 is 47.6 Å². The molecule has 0 bridgehead atoms. The highest BCUT2D eigenvalue weighted by atomic mass is 31.3. The van der Waals surface area contributed by atoms with Crippen molar-refractivity contribution in [2.45, 2.75) is 24.5 Å². The highest BCUT2D eigenvalue weighted by Gasteiger charge is 2.46. The number of hydrogen-bond acceptors (Lipinski definition) is 11. The topological polar surface area (TPSA) is 233 Å². The smallest absolute Gasteiger partial charge is 0.387 e. The van der Waals surface area contributed by atoms with Crippen LogP contribution in [-0.4, -0.2) is 69.3 Å². The molecule has 27 heavy (non-hydrogen) atoms. The monoisotopic (exact) mass is 432 g/mol. The summed E-state index contributed by atoms with van der Waals surface area (Å²) in [4.78, 5) is 38.1. The summed E-state index contributed by atoms with van der Waals surface area (Å²) in [6, 6.07) is 0. The lowest BCUT2D eigenvalue weighted by molar-refractivity contribution is -0.0503. The van der Waals surface area contributed by atoms with E-state index in [-0.39, 0.29) is 17.0 Å². The average Bonchev–Trinajstić information content (AvgIpc) is 3.07. The van der Waals surface area contributed by atoms with Crippen LogP contribution in [-0.2, 0) is 22.7 Å². The zero-order valence-electron chi connectivity index (χ0n) is 13.2. The first-order valence-corrected chi connectivity index (χ1v) is 10.2. The number of phosphoric ester groups is 1. The lowest BCUT2D eigenvalue weighted by Crippen LogP contribution is -2.33. The van der Waals surface area contributed by atoms with Gasteiger partial charge in [0.2, 0.25) is 0 Å². The molecule has 15 nitrogen and oxygen atoms in total. The van der Waals surface area contributed by atoms with Gasteiger partial charge in [0, 0.05) is 0 Å². The number of aliphatic hydroxyl groups is 2. The van der Waals surface area contributed by atoms with Crippen LogP contribution in [0.3, 0.4) is 0 Å². The predicted molar refractivity (Wildman–Crippen MR) is 84.6 cm³/mol. The first-order chi connectivity index (χ1) is 12.5. The van der Waals surface area contributed by atoms with E-state index in [0.29, 0.717) is 0 Å². The van der Waals surface area contributed by atoms with Crippen LogP contribution >= 0.6 is 15.6 Å². The molecule has 2 aromatic rings. The minimum atomic E-state index is -5.29. The second-order valence-corrected chi connectivity index (χ2v) is 8.30. The summed E-state index contributed by atoms with van der Waals surface area (Å²) in [5, 5.41) is 20.3. The third-order valence-electron chi connectivity index (χ3n) is 3.61. The van der Waals surface area contributed by atoms with E-state index in [9.17, 15) is 24.2 Å². The fraction of sp³-hybridized carbons (Fsp3) is 0.500. The number of fused-ring (bicyclic) bond motifs is 1. The van der Waals surface area contributed by atoms with Crippen molar-refractivity contribution in [3.8, 4) is 0 Å². The highest BCUT2D eigenvalue weighted by molar-refractivity contribution is 7.60. The molecule has 1 fully saturated rings. The molecule has 0 radical (unpaired) electrons. The van der Waals surface area contributed by atoms with Gasteiger partial charge >= 0.3 is 15.6 Å². The third-order valence-corrected chi connectivity index (χ3v) is 5.76. The molecule has 0 spiro atoms. The molecule has 1 aliphatic rings. The molecule has 2 unspecified atom stereocenters. The Labute approximate surface area is 150 Å². The van der Waals surface area contributed by atoms with Gasteiger partial charge < -0.3 is 35.4 Å². The van der Waals surface area contributed by atoms with Crippen LogP contribution < -0.4 is 5.73 Å². The lowest BCUT2D eigenvalue weighted by Gasteiger charge is -2.17. The average molecular weight is 432 g/mol. The van der Waals surface area contributed by atoms with E-state index >= 15 is 0 Å². The van der Waals surface area contributed by atoms with Crippen LogP contribution in [0.4, 0.5) is 5.82 Å². The molecule has 3 rings (SSSR count). The Morgan fingerprint density at radius 3 is 2.56 bits per heavy atom. The van der Waals surface area contributed by atoms with Crippen LogP contribution in [0.2, 0.25) is 0 Å². The van der Waals surface area contributed by atoms with E-state index in [0.717, 1.165) is 6.33 Å². The molecule has 17 heteroatoms. The Morgan fingerprint density at radius 1 is 1.19 bits per heavy atom. The van der Waals surface area contributed by atoms with E-state index in [2.05, 4.69) is 23.8 Å². The first-order valence-electron chi connectivity index (χ1n) is 7.17. The number of anilines is 1. The van der Waals surface area contributed by atoms with Gasteiger partial charge in [0.15, 0.2) is 17.7 Å². The van der Waals surface area contributed by atoms with Crippen molar-refractivity contribution in [1.29, 1.82) is 0 Å². The van der Waals surface area contributed by atoms with Gasteiger partial charge in [-0.3, -0.25) is 9.09 Å². The maximum atomic E-state index is 11.5. The number of nitrogens with zero attached hydrogens (tertiary/aromatic N) is 4. The van der Waals surface area contributed by atoms with Gasteiger partial charge in [0.05, 0.1) is 12.9 Å². The van der Waals surface area contributed by atoms with Gasteiger partial charge in [-0.25, -0.2) is 24.1 Å². The highest BCUT2D eigenvalue weighted by Crippen LogP contribution is 2.57.